The van der Waals surface area contributed by atoms with E-state index in [4.69, 9.17) is 4.74 Å². The van der Waals surface area contributed by atoms with Crippen LogP contribution in [-0.4, -0.2) is 47.4 Å². The van der Waals surface area contributed by atoms with Crippen molar-refractivity contribution in [1.29, 1.82) is 0 Å². The van der Waals surface area contributed by atoms with Crippen LogP contribution < -0.4 is 5.32 Å². The Balaban J connectivity index is 3.53. The molecule has 2 atom stereocenters. The highest BCUT2D eigenvalue weighted by Gasteiger charge is 2.18. The van der Waals surface area contributed by atoms with E-state index < -0.39 is 12.1 Å². The molecule has 0 aromatic rings. The van der Waals surface area contributed by atoms with E-state index in [1.807, 2.05) is 6.08 Å². The molecule has 6 heteroatoms. The lowest BCUT2D eigenvalue weighted by Crippen LogP contribution is -2.45. The van der Waals surface area contributed by atoms with Crippen molar-refractivity contribution < 1.29 is 24.5 Å². The van der Waals surface area contributed by atoms with Gasteiger partial charge in [-0.15, -0.1) is 0 Å². The van der Waals surface area contributed by atoms with Crippen molar-refractivity contribution in [2.24, 2.45) is 0 Å². The summed E-state index contributed by atoms with van der Waals surface area (Å²) in [4.78, 5) is 24.5. The Bertz CT molecular complexity index is 1160. The second-order valence-corrected chi connectivity index (χ2v) is 20.7. The zero-order chi connectivity index (χ0) is 50.0. The number of hydrogen-bond donors (Lipinski definition) is 3. The monoisotopic (exact) mass is 968 g/mol. The molecule has 0 aromatic heterocycles. The molecule has 1 amide bonds. The van der Waals surface area contributed by atoms with Crippen LogP contribution in [0.2, 0.25) is 0 Å². The number of aliphatic hydroxyl groups is 2. The standard InChI is InChI=1S/C63H117NO5/c1-3-5-7-9-11-13-15-17-19-21-22-23-24-25-26-27-28-31-35-39-43-47-51-55-61(66)60(59-65)64-62(67)56-52-48-44-40-36-32-30-34-38-42-46-50-54-58-69-63(68)57-53-49-45-41-37-33-29-20-18-16-14-12-10-8-6-4-2/h14,16,20,29,32,36,51,55,60-61,65-66H,3-13,15,17-19,21-28,30-31,33-35,37-50,52-54,56-59H2,1-2H3,(H,64,67)/b16-14-,29-20-,36-32-,55-51+. The average molecular weight is 969 g/mol. The van der Waals surface area contributed by atoms with Gasteiger partial charge in [-0.1, -0.05) is 262 Å². The SMILES string of the molecule is CCCCCC/C=C\C/C=C\CCCCCCCC(=O)OCCCCCCCC/C=C\CCCCCC(=O)NC(CO)C(O)/C=C/CCCCCCCCCCCCCCCCCCCCCCC. The number of unbranched alkanes of at least 4 members (excludes halogenated alkanes) is 39. The Kier molecular flexibility index (Phi) is 56.5. The van der Waals surface area contributed by atoms with Gasteiger partial charge in [0.15, 0.2) is 0 Å². The molecule has 3 N–H and O–H groups in total. The molecule has 0 saturated heterocycles. The highest BCUT2D eigenvalue weighted by Crippen LogP contribution is 2.17. The van der Waals surface area contributed by atoms with Crippen molar-refractivity contribution >= 4 is 11.9 Å². The molecule has 404 valence electrons. The van der Waals surface area contributed by atoms with Crippen LogP contribution >= 0.6 is 0 Å². The van der Waals surface area contributed by atoms with Gasteiger partial charge in [-0.05, 0) is 89.9 Å². The Morgan fingerprint density at radius 3 is 1.14 bits per heavy atom. The summed E-state index contributed by atoms with van der Waals surface area (Å²) in [7, 11) is 0. The van der Waals surface area contributed by atoms with E-state index in [9.17, 15) is 19.8 Å². The van der Waals surface area contributed by atoms with Gasteiger partial charge in [0, 0.05) is 12.8 Å². The maximum absolute atomic E-state index is 12.5. The Labute approximate surface area is 429 Å². The minimum absolute atomic E-state index is 0.0274. The van der Waals surface area contributed by atoms with Crippen molar-refractivity contribution in [1.82, 2.24) is 5.32 Å². The summed E-state index contributed by atoms with van der Waals surface area (Å²) in [6, 6.07) is -0.651. The predicted molar refractivity (Wildman–Crippen MR) is 301 cm³/mol. The van der Waals surface area contributed by atoms with E-state index in [0.29, 0.717) is 19.4 Å². The van der Waals surface area contributed by atoms with E-state index in [2.05, 4.69) is 55.6 Å². The van der Waals surface area contributed by atoms with Gasteiger partial charge in [0.1, 0.15) is 0 Å². The number of rotatable bonds is 56. The summed E-state index contributed by atoms with van der Waals surface area (Å²) in [5.74, 6) is -0.124. The predicted octanol–water partition coefficient (Wildman–Crippen LogP) is 19.0. The van der Waals surface area contributed by atoms with Crippen molar-refractivity contribution in [2.45, 2.75) is 328 Å². The molecule has 0 rings (SSSR count). The van der Waals surface area contributed by atoms with Crippen molar-refractivity contribution in [3.8, 4) is 0 Å². The summed E-state index contributed by atoms with van der Waals surface area (Å²) in [6.45, 7) is 4.85. The Morgan fingerprint density at radius 2 is 0.725 bits per heavy atom. The summed E-state index contributed by atoms with van der Waals surface area (Å²) < 4.78 is 5.46. The fourth-order valence-electron chi connectivity index (χ4n) is 9.13. The lowest BCUT2D eigenvalue weighted by atomic mass is 10.0. The zero-order valence-corrected chi connectivity index (χ0v) is 46.0. The molecular formula is C63H117NO5. The number of amides is 1. The molecular weight excluding hydrogens is 851 g/mol. The maximum atomic E-state index is 12.5. The molecule has 0 fully saturated rings. The van der Waals surface area contributed by atoms with Crippen LogP contribution in [0.15, 0.2) is 48.6 Å². The van der Waals surface area contributed by atoms with Gasteiger partial charge in [-0.25, -0.2) is 0 Å². The second kappa shape index (κ2) is 58.4. The Hall–Kier alpha value is -2.18. The first-order valence-corrected chi connectivity index (χ1v) is 30.4. The molecule has 0 saturated carbocycles. The van der Waals surface area contributed by atoms with Gasteiger partial charge < -0.3 is 20.3 Å². The molecule has 0 spiro atoms. The third-order valence-electron chi connectivity index (χ3n) is 13.8. The number of hydrogen-bond acceptors (Lipinski definition) is 5. The van der Waals surface area contributed by atoms with Gasteiger partial charge in [0.05, 0.1) is 25.4 Å². The highest BCUT2D eigenvalue weighted by molar-refractivity contribution is 5.76. The minimum atomic E-state index is -0.864. The molecule has 2 unspecified atom stereocenters. The normalized spacial score (nSPS) is 12.9. The lowest BCUT2D eigenvalue weighted by molar-refractivity contribution is -0.143. The molecule has 0 aliphatic carbocycles. The van der Waals surface area contributed by atoms with Crippen LogP contribution in [0.4, 0.5) is 0 Å². The van der Waals surface area contributed by atoms with Crippen LogP contribution in [0, 0.1) is 0 Å². The third kappa shape index (κ3) is 55.0. The number of carbonyl (C=O) groups excluding carboxylic acids is 2. The average Bonchev–Trinajstić information content (AvgIpc) is 3.35. The quantitative estimate of drug-likeness (QED) is 0.0321. The maximum Gasteiger partial charge on any atom is 0.305 e. The molecule has 6 nitrogen and oxygen atoms in total. The van der Waals surface area contributed by atoms with Crippen LogP contribution in [0.1, 0.15) is 316 Å². The van der Waals surface area contributed by atoms with Gasteiger partial charge >= 0.3 is 5.97 Å². The first-order chi connectivity index (χ1) is 34.0. The van der Waals surface area contributed by atoms with Crippen molar-refractivity contribution in [3.05, 3.63) is 48.6 Å². The van der Waals surface area contributed by atoms with Gasteiger partial charge in [0.2, 0.25) is 5.91 Å². The molecule has 0 aromatic carbocycles. The first-order valence-electron chi connectivity index (χ1n) is 30.4. The van der Waals surface area contributed by atoms with Gasteiger partial charge in [-0.3, -0.25) is 9.59 Å². The number of esters is 1. The lowest BCUT2D eigenvalue weighted by Gasteiger charge is -2.19. The smallest absolute Gasteiger partial charge is 0.305 e. The van der Waals surface area contributed by atoms with Crippen molar-refractivity contribution in [2.75, 3.05) is 13.2 Å². The van der Waals surface area contributed by atoms with Crippen LogP contribution in [0.3, 0.4) is 0 Å². The molecule has 0 aliphatic heterocycles. The van der Waals surface area contributed by atoms with Gasteiger partial charge in [-0.2, -0.15) is 0 Å². The number of allylic oxidation sites excluding steroid dienone is 7. The van der Waals surface area contributed by atoms with Gasteiger partial charge in [0.25, 0.3) is 0 Å². The summed E-state index contributed by atoms with van der Waals surface area (Å²) in [6.07, 6.45) is 74.2. The second-order valence-electron chi connectivity index (χ2n) is 20.7. The minimum Gasteiger partial charge on any atom is -0.466 e. The van der Waals surface area contributed by atoms with E-state index in [-0.39, 0.29) is 18.5 Å². The van der Waals surface area contributed by atoms with Crippen molar-refractivity contribution in [3.63, 3.8) is 0 Å². The molecule has 0 heterocycles. The number of nitrogens with one attached hydrogen (secondary N) is 1. The fraction of sp³-hybridized carbons (Fsp3) is 0.841. The molecule has 69 heavy (non-hydrogen) atoms. The van der Waals surface area contributed by atoms with Crippen LogP contribution in [0.25, 0.3) is 0 Å². The van der Waals surface area contributed by atoms with Crippen LogP contribution in [-0.2, 0) is 14.3 Å². The largest absolute Gasteiger partial charge is 0.466 e. The third-order valence-corrected chi connectivity index (χ3v) is 13.8. The zero-order valence-electron chi connectivity index (χ0n) is 46.0. The molecule has 0 aliphatic rings. The van der Waals surface area contributed by atoms with E-state index >= 15 is 0 Å². The van der Waals surface area contributed by atoms with E-state index in [1.54, 1.807) is 6.08 Å². The molecule has 0 bridgehead atoms. The van der Waals surface area contributed by atoms with Crippen LogP contribution in [0.5, 0.6) is 0 Å². The summed E-state index contributed by atoms with van der Waals surface area (Å²) in [5.41, 5.74) is 0. The topological polar surface area (TPSA) is 95.9 Å². The molecule has 0 radical (unpaired) electrons. The van der Waals surface area contributed by atoms with E-state index in [1.165, 1.54) is 205 Å². The number of ether oxygens (including phenoxy) is 1. The summed E-state index contributed by atoms with van der Waals surface area (Å²) in [5, 5.41) is 23.2. The summed E-state index contributed by atoms with van der Waals surface area (Å²) >= 11 is 0. The van der Waals surface area contributed by atoms with E-state index in [0.717, 1.165) is 83.5 Å². The fourth-order valence-corrected chi connectivity index (χ4v) is 9.13. The first kappa shape index (κ1) is 66.8. The number of carbonyl (C=O) groups is 2. The Morgan fingerprint density at radius 1 is 0.406 bits per heavy atom. The highest BCUT2D eigenvalue weighted by atomic mass is 16.5. The number of aliphatic hydroxyl groups excluding tert-OH is 2.